The van der Waals surface area contributed by atoms with Crippen molar-refractivity contribution in [3.8, 4) is 5.69 Å². The second-order valence-corrected chi connectivity index (χ2v) is 8.53. The Kier molecular flexibility index (Phi) is 5.31. The van der Waals surface area contributed by atoms with Crippen LogP contribution in [0.5, 0.6) is 0 Å². The predicted molar refractivity (Wildman–Crippen MR) is 111 cm³/mol. The number of carbonyl (C=O) groups excluding carboxylic acids is 1. The molecule has 1 aliphatic heterocycles. The van der Waals surface area contributed by atoms with Crippen LogP contribution in [0.25, 0.3) is 15.9 Å². The lowest BCUT2D eigenvalue weighted by Crippen LogP contribution is -2.36. The van der Waals surface area contributed by atoms with Crippen molar-refractivity contribution in [3.05, 3.63) is 51.6 Å². The van der Waals surface area contributed by atoms with Crippen molar-refractivity contribution in [1.82, 2.24) is 14.5 Å². The number of carbonyl (C=O) groups is 1. The highest BCUT2D eigenvalue weighted by Gasteiger charge is 2.20. The van der Waals surface area contributed by atoms with Crippen LogP contribution in [-0.4, -0.2) is 39.2 Å². The van der Waals surface area contributed by atoms with E-state index in [0.29, 0.717) is 16.3 Å². The first-order valence-electron chi connectivity index (χ1n) is 9.12. The lowest BCUT2D eigenvalue weighted by atomic mass is 10.1. The summed E-state index contributed by atoms with van der Waals surface area (Å²) in [6, 6.07) is 9.59. The molecular weight excluding hydrogens is 378 g/mol. The van der Waals surface area contributed by atoms with Crippen molar-refractivity contribution in [2.45, 2.75) is 31.3 Å². The smallest absolute Gasteiger partial charge is 0.267 e. The van der Waals surface area contributed by atoms with Crippen LogP contribution in [0, 0.1) is 6.92 Å². The molecule has 0 bridgehead atoms. The lowest BCUT2D eigenvalue weighted by Gasteiger charge is -2.26. The molecule has 0 N–H and O–H groups in total. The highest BCUT2D eigenvalue weighted by molar-refractivity contribution is 7.99. The van der Waals surface area contributed by atoms with Crippen LogP contribution in [0.1, 0.15) is 24.8 Å². The zero-order valence-electron chi connectivity index (χ0n) is 15.2. The van der Waals surface area contributed by atoms with E-state index < -0.39 is 0 Å². The SMILES string of the molecule is Cc1ccccc1-n1c(SCC(=O)N2CCCCC2)nc2sccc2c1=O. The molecule has 5 nitrogen and oxygen atoms in total. The molecule has 3 aromatic rings. The number of thioether (sulfide) groups is 1. The molecule has 1 aromatic carbocycles. The van der Waals surface area contributed by atoms with Crippen molar-refractivity contribution >= 4 is 39.2 Å². The number of thiophene rings is 1. The first-order chi connectivity index (χ1) is 13.1. The van der Waals surface area contributed by atoms with Crippen LogP contribution in [0.15, 0.2) is 45.7 Å². The highest BCUT2D eigenvalue weighted by Crippen LogP contribution is 2.25. The number of fused-ring (bicyclic) bond motifs is 1. The normalized spacial score (nSPS) is 14.6. The average Bonchev–Trinajstić information content (AvgIpc) is 3.17. The maximum Gasteiger partial charge on any atom is 0.267 e. The minimum absolute atomic E-state index is 0.0801. The minimum Gasteiger partial charge on any atom is -0.342 e. The largest absolute Gasteiger partial charge is 0.342 e. The Morgan fingerprint density at radius 3 is 2.74 bits per heavy atom. The summed E-state index contributed by atoms with van der Waals surface area (Å²) in [4.78, 5) is 33.1. The minimum atomic E-state index is -0.0801. The molecule has 0 atom stereocenters. The van der Waals surface area contributed by atoms with Crippen molar-refractivity contribution < 1.29 is 4.79 Å². The summed E-state index contributed by atoms with van der Waals surface area (Å²) in [5, 5.41) is 3.08. The Balaban J connectivity index is 1.71. The van der Waals surface area contributed by atoms with E-state index >= 15 is 0 Å². The molecule has 4 rings (SSSR count). The molecule has 0 unspecified atom stereocenters. The number of aryl methyl sites for hydroxylation is 1. The van der Waals surface area contributed by atoms with Crippen LogP contribution in [0.4, 0.5) is 0 Å². The molecule has 0 saturated carbocycles. The van der Waals surface area contributed by atoms with E-state index in [2.05, 4.69) is 0 Å². The number of benzene rings is 1. The standard InChI is InChI=1S/C20H21N3O2S2/c1-14-7-3-4-8-16(14)23-19(25)15-9-12-26-18(15)21-20(23)27-13-17(24)22-10-5-2-6-11-22/h3-4,7-9,12H,2,5-6,10-11,13H2,1H3. The van der Waals surface area contributed by atoms with E-state index in [1.54, 1.807) is 4.57 Å². The van der Waals surface area contributed by atoms with E-state index in [9.17, 15) is 9.59 Å². The van der Waals surface area contributed by atoms with Gasteiger partial charge < -0.3 is 4.90 Å². The fourth-order valence-electron chi connectivity index (χ4n) is 3.38. The lowest BCUT2D eigenvalue weighted by molar-refractivity contribution is -0.129. The summed E-state index contributed by atoms with van der Waals surface area (Å²) in [7, 11) is 0. The Hall–Kier alpha value is -2.12. The molecule has 0 radical (unpaired) electrons. The van der Waals surface area contributed by atoms with Gasteiger partial charge in [0.2, 0.25) is 5.91 Å². The number of para-hydroxylation sites is 1. The molecule has 1 aliphatic rings. The van der Waals surface area contributed by atoms with Crippen LogP contribution in [0.2, 0.25) is 0 Å². The van der Waals surface area contributed by atoms with Gasteiger partial charge in [-0.1, -0.05) is 30.0 Å². The second-order valence-electron chi connectivity index (χ2n) is 6.69. The van der Waals surface area contributed by atoms with Gasteiger partial charge in [-0.2, -0.15) is 0 Å². The average molecular weight is 400 g/mol. The van der Waals surface area contributed by atoms with Crippen molar-refractivity contribution in [1.29, 1.82) is 0 Å². The van der Waals surface area contributed by atoms with Crippen molar-refractivity contribution in [3.63, 3.8) is 0 Å². The Bertz CT molecular complexity index is 1040. The molecule has 0 spiro atoms. The summed E-state index contributed by atoms with van der Waals surface area (Å²) in [5.74, 6) is 0.423. The third-order valence-electron chi connectivity index (χ3n) is 4.86. The quantitative estimate of drug-likeness (QED) is 0.494. The number of hydrogen-bond acceptors (Lipinski definition) is 5. The summed E-state index contributed by atoms with van der Waals surface area (Å²) in [6.45, 7) is 3.65. The number of piperidine rings is 1. The maximum absolute atomic E-state index is 13.1. The summed E-state index contributed by atoms with van der Waals surface area (Å²) in [6.07, 6.45) is 3.34. The zero-order chi connectivity index (χ0) is 18.8. The maximum atomic E-state index is 13.1. The van der Waals surface area contributed by atoms with Crippen LogP contribution >= 0.6 is 23.1 Å². The Labute approximate surface area is 166 Å². The van der Waals surface area contributed by atoms with Gasteiger partial charge in [-0.15, -0.1) is 11.3 Å². The van der Waals surface area contributed by atoms with E-state index in [4.69, 9.17) is 4.98 Å². The molecule has 0 aliphatic carbocycles. The van der Waals surface area contributed by atoms with E-state index in [1.165, 1.54) is 29.5 Å². The molecule has 140 valence electrons. The number of likely N-dealkylation sites (tertiary alicyclic amines) is 1. The molecule has 1 fully saturated rings. The zero-order valence-corrected chi connectivity index (χ0v) is 16.8. The van der Waals surface area contributed by atoms with E-state index in [-0.39, 0.29) is 11.5 Å². The fraction of sp³-hybridized carbons (Fsp3) is 0.350. The van der Waals surface area contributed by atoms with Crippen LogP contribution in [0.3, 0.4) is 0 Å². The molecule has 3 heterocycles. The summed E-state index contributed by atoms with van der Waals surface area (Å²) in [5.41, 5.74) is 1.74. The van der Waals surface area contributed by atoms with Gasteiger partial charge in [-0.3, -0.25) is 14.2 Å². The highest BCUT2D eigenvalue weighted by atomic mass is 32.2. The van der Waals surface area contributed by atoms with Gasteiger partial charge in [-0.05, 0) is 49.3 Å². The first kappa shape index (κ1) is 18.3. The number of rotatable bonds is 4. The Morgan fingerprint density at radius 1 is 1.19 bits per heavy atom. The van der Waals surface area contributed by atoms with Gasteiger partial charge in [0, 0.05) is 13.1 Å². The third kappa shape index (κ3) is 3.66. The van der Waals surface area contributed by atoms with E-state index in [0.717, 1.165) is 42.0 Å². The van der Waals surface area contributed by atoms with E-state index in [1.807, 2.05) is 47.5 Å². The van der Waals surface area contributed by atoms with Crippen LogP contribution < -0.4 is 5.56 Å². The topological polar surface area (TPSA) is 55.2 Å². The molecule has 2 aromatic heterocycles. The molecule has 27 heavy (non-hydrogen) atoms. The molecule has 7 heteroatoms. The molecular formula is C20H21N3O2S2. The third-order valence-corrected chi connectivity index (χ3v) is 6.59. The van der Waals surface area contributed by atoms with Gasteiger partial charge in [0.15, 0.2) is 5.16 Å². The fourth-order valence-corrected chi connectivity index (χ4v) is 5.09. The monoisotopic (exact) mass is 399 g/mol. The van der Waals surface area contributed by atoms with Gasteiger partial charge in [0.25, 0.3) is 5.56 Å². The first-order valence-corrected chi connectivity index (χ1v) is 11.0. The van der Waals surface area contributed by atoms with Gasteiger partial charge in [-0.25, -0.2) is 4.98 Å². The number of aromatic nitrogens is 2. The van der Waals surface area contributed by atoms with Crippen LogP contribution in [-0.2, 0) is 4.79 Å². The van der Waals surface area contributed by atoms with Gasteiger partial charge >= 0.3 is 0 Å². The Morgan fingerprint density at radius 2 is 1.96 bits per heavy atom. The number of nitrogens with zero attached hydrogens (tertiary/aromatic N) is 3. The van der Waals surface area contributed by atoms with Crippen molar-refractivity contribution in [2.24, 2.45) is 0 Å². The predicted octanol–water partition coefficient (Wildman–Crippen LogP) is 3.86. The number of hydrogen-bond donors (Lipinski definition) is 0. The van der Waals surface area contributed by atoms with Gasteiger partial charge in [0.1, 0.15) is 4.83 Å². The second kappa shape index (κ2) is 7.86. The van der Waals surface area contributed by atoms with Crippen molar-refractivity contribution in [2.75, 3.05) is 18.8 Å². The van der Waals surface area contributed by atoms with Gasteiger partial charge in [0.05, 0.1) is 16.8 Å². The summed E-state index contributed by atoms with van der Waals surface area (Å²) >= 11 is 2.81. The number of amides is 1. The molecule has 1 amide bonds. The summed E-state index contributed by atoms with van der Waals surface area (Å²) < 4.78 is 1.65. The molecule has 1 saturated heterocycles.